The Hall–Kier alpha value is -3.02. The lowest BCUT2D eigenvalue weighted by Gasteiger charge is -2.33. The van der Waals surface area contributed by atoms with E-state index < -0.39 is 0 Å². The third kappa shape index (κ3) is 5.06. The minimum Gasteiger partial charge on any atom is -0.491 e. The number of piperidine rings is 1. The molecule has 1 atom stereocenters. The monoisotopic (exact) mass is 435 g/mol. The standard InChI is InChI=1S/C26H33N3O3/c1-18(2)32-22-10-8-21(9-11-22)29-17-20(16-25(29)30)26(31)27-23-6-4-5-7-24(23)28-14-12-19(3)13-15-28/h4-11,18-20H,12-17H2,1-3H3,(H,27,31)/t20-/m1/s1. The molecule has 2 aliphatic rings. The second-order valence-corrected chi connectivity index (χ2v) is 9.24. The lowest BCUT2D eigenvalue weighted by molar-refractivity contribution is -0.122. The molecule has 0 radical (unpaired) electrons. The smallest absolute Gasteiger partial charge is 0.229 e. The summed E-state index contributed by atoms with van der Waals surface area (Å²) in [5, 5.41) is 3.10. The van der Waals surface area contributed by atoms with Gasteiger partial charge in [-0.1, -0.05) is 19.1 Å². The quantitative estimate of drug-likeness (QED) is 0.714. The zero-order chi connectivity index (χ0) is 22.7. The minimum atomic E-state index is -0.372. The number of carbonyl (C=O) groups excluding carboxylic acids is 2. The van der Waals surface area contributed by atoms with E-state index in [9.17, 15) is 9.59 Å². The molecule has 6 heteroatoms. The first kappa shape index (κ1) is 22.2. The van der Waals surface area contributed by atoms with Crippen LogP contribution in [0.4, 0.5) is 17.1 Å². The second kappa shape index (κ2) is 9.63. The molecule has 2 aromatic rings. The van der Waals surface area contributed by atoms with Crippen LogP contribution in [-0.2, 0) is 9.59 Å². The van der Waals surface area contributed by atoms with Crippen molar-refractivity contribution in [2.45, 2.75) is 46.1 Å². The van der Waals surface area contributed by atoms with Crippen molar-refractivity contribution >= 4 is 28.9 Å². The topological polar surface area (TPSA) is 61.9 Å². The number of nitrogens with one attached hydrogen (secondary N) is 1. The molecule has 2 aliphatic heterocycles. The number of para-hydroxylation sites is 2. The van der Waals surface area contributed by atoms with E-state index in [-0.39, 0.29) is 30.3 Å². The third-order valence-corrected chi connectivity index (χ3v) is 6.30. The number of nitrogens with zero attached hydrogens (tertiary/aromatic N) is 2. The van der Waals surface area contributed by atoms with Crippen LogP contribution in [0.2, 0.25) is 0 Å². The number of benzene rings is 2. The summed E-state index contributed by atoms with van der Waals surface area (Å²) in [5.41, 5.74) is 2.69. The first-order chi connectivity index (χ1) is 15.4. The summed E-state index contributed by atoms with van der Waals surface area (Å²) < 4.78 is 5.68. The average molecular weight is 436 g/mol. The van der Waals surface area contributed by atoms with Crippen molar-refractivity contribution in [1.29, 1.82) is 0 Å². The van der Waals surface area contributed by atoms with E-state index in [1.165, 1.54) is 0 Å². The van der Waals surface area contributed by atoms with Gasteiger partial charge in [-0.3, -0.25) is 9.59 Å². The normalized spacial score (nSPS) is 19.5. The zero-order valence-electron chi connectivity index (χ0n) is 19.2. The summed E-state index contributed by atoms with van der Waals surface area (Å²) in [7, 11) is 0. The van der Waals surface area contributed by atoms with E-state index in [4.69, 9.17) is 4.74 Å². The van der Waals surface area contributed by atoms with Crippen LogP contribution in [0.3, 0.4) is 0 Å². The first-order valence-corrected chi connectivity index (χ1v) is 11.6. The van der Waals surface area contributed by atoms with Crippen molar-refractivity contribution in [1.82, 2.24) is 0 Å². The second-order valence-electron chi connectivity index (χ2n) is 9.24. The Balaban J connectivity index is 1.41. The Morgan fingerprint density at radius 1 is 1.06 bits per heavy atom. The summed E-state index contributed by atoms with van der Waals surface area (Å²) >= 11 is 0. The van der Waals surface area contributed by atoms with Crippen molar-refractivity contribution in [3.05, 3.63) is 48.5 Å². The fourth-order valence-electron chi connectivity index (χ4n) is 4.45. The molecular weight excluding hydrogens is 402 g/mol. The van der Waals surface area contributed by atoms with Gasteiger partial charge in [-0.2, -0.15) is 0 Å². The van der Waals surface area contributed by atoms with E-state index in [1.807, 2.05) is 56.3 Å². The Morgan fingerprint density at radius 2 is 1.75 bits per heavy atom. The Bertz CT molecular complexity index is 949. The van der Waals surface area contributed by atoms with Gasteiger partial charge in [0.05, 0.1) is 23.4 Å². The summed E-state index contributed by atoms with van der Waals surface area (Å²) in [5.74, 6) is 1.02. The highest BCUT2D eigenvalue weighted by Crippen LogP contribution is 2.32. The highest BCUT2D eigenvalue weighted by atomic mass is 16.5. The number of amides is 2. The van der Waals surface area contributed by atoms with Gasteiger partial charge in [0.1, 0.15) is 5.75 Å². The van der Waals surface area contributed by atoms with Gasteiger partial charge in [0.25, 0.3) is 0 Å². The maximum Gasteiger partial charge on any atom is 0.229 e. The maximum atomic E-state index is 13.1. The predicted molar refractivity (Wildman–Crippen MR) is 128 cm³/mol. The van der Waals surface area contributed by atoms with Gasteiger partial charge in [0.2, 0.25) is 11.8 Å². The van der Waals surface area contributed by atoms with Crippen molar-refractivity contribution in [2.75, 3.05) is 34.8 Å². The number of carbonyl (C=O) groups is 2. The van der Waals surface area contributed by atoms with Gasteiger partial charge in [0, 0.05) is 31.7 Å². The molecule has 170 valence electrons. The zero-order valence-corrected chi connectivity index (χ0v) is 19.2. The van der Waals surface area contributed by atoms with Gasteiger partial charge in [-0.05, 0) is 69.0 Å². The molecule has 0 aliphatic carbocycles. The van der Waals surface area contributed by atoms with Gasteiger partial charge in [-0.15, -0.1) is 0 Å². The summed E-state index contributed by atoms with van der Waals surface area (Å²) in [6, 6.07) is 15.5. The average Bonchev–Trinajstić information content (AvgIpc) is 3.17. The van der Waals surface area contributed by atoms with Crippen LogP contribution in [0.1, 0.15) is 40.0 Å². The van der Waals surface area contributed by atoms with Gasteiger partial charge < -0.3 is 19.9 Å². The Kier molecular flexibility index (Phi) is 6.68. The number of hydrogen-bond acceptors (Lipinski definition) is 4. The molecule has 6 nitrogen and oxygen atoms in total. The molecule has 0 saturated carbocycles. The highest BCUT2D eigenvalue weighted by Gasteiger charge is 2.35. The molecule has 4 rings (SSSR count). The minimum absolute atomic E-state index is 0.0269. The fourth-order valence-corrected chi connectivity index (χ4v) is 4.45. The molecule has 2 aromatic carbocycles. The molecule has 0 aromatic heterocycles. The van der Waals surface area contributed by atoms with E-state index in [2.05, 4.69) is 23.2 Å². The van der Waals surface area contributed by atoms with Crippen LogP contribution < -0.4 is 19.9 Å². The molecule has 2 saturated heterocycles. The Morgan fingerprint density at radius 3 is 2.44 bits per heavy atom. The Labute approximate surface area is 190 Å². The lowest BCUT2D eigenvalue weighted by atomic mass is 9.98. The van der Waals surface area contributed by atoms with Crippen LogP contribution >= 0.6 is 0 Å². The van der Waals surface area contributed by atoms with Crippen molar-refractivity contribution in [2.24, 2.45) is 11.8 Å². The predicted octanol–water partition coefficient (Wildman–Crippen LogP) is 4.70. The van der Waals surface area contributed by atoms with Crippen LogP contribution in [0.25, 0.3) is 0 Å². The van der Waals surface area contributed by atoms with Crippen LogP contribution in [0, 0.1) is 11.8 Å². The number of rotatable bonds is 6. The van der Waals surface area contributed by atoms with E-state index >= 15 is 0 Å². The molecule has 1 N–H and O–H groups in total. The molecule has 32 heavy (non-hydrogen) atoms. The summed E-state index contributed by atoms with van der Waals surface area (Å²) in [6.07, 6.45) is 2.64. The summed E-state index contributed by atoms with van der Waals surface area (Å²) in [4.78, 5) is 29.8. The van der Waals surface area contributed by atoms with Gasteiger partial charge in [-0.25, -0.2) is 0 Å². The van der Waals surface area contributed by atoms with Crippen LogP contribution in [-0.4, -0.2) is 37.6 Å². The molecule has 0 bridgehead atoms. The molecule has 2 heterocycles. The number of hydrogen-bond donors (Lipinski definition) is 1. The first-order valence-electron chi connectivity index (χ1n) is 11.6. The van der Waals surface area contributed by atoms with Crippen molar-refractivity contribution < 1.29 is 14.3 Å². The maximum absolute atomic E-state index is 13.1. The fraction of sp³-hybridized carbons (Fsp3) is 0.462. The molecule has 0 unspecified atom stereocenters. The number of anilines is 3. The highest BCUT2D eigenvalue weighted by molar-refractivity contribution is 6.04. The van der Waals surface area contributed by atoms with Gasteiger partial charge >= 0.3 is 0 Å². The van der Waals surface area contributed by atoms with E-state index in [1.54, 1.807) is 4.90 Å². The van der Waals surface area contributed by atoms with Crippen LogP contribution in [0.15, 0.2) is 48.5 Å². The van der Waals surface area contributed by atoms with E-state index in [0.29, 0.717) is 6.54 Å². The molecule has 2 fully saturated rings. The lowest BCUT2D eigenvalue weighted by Crippen LogP contribution is -2.34. The largest absolute Gasteiger partial charge is 0.491 e. The van der Waals surface area contributed by atoms with Crippen molar-refractivity contribution in [3.63, 3.8) is 0 Å². The third-order valence-electron chi connectivity index (χ3n) is 6.30. The SMILES string of the molecule is CC1CCN(c2ccccc2NC(=O)[C@@H]2CC(=O)N(c3ccc(OC(C)C)cc3)C2)CC1. The summed E-state index contributed by atoms with van der Waals surface area (Å²) in [6.45, 7) is 8.63. The molecule has 0 spiro atoms. The van der Waals surface area contributed by atoms with Crippen LogP contribution in [0.5, 0.6) is 5.75 Å². The number of ether oxygens (including phenoxy) is 1. The van der Waals surface area contributed by atoms with E-state index in [0.717, 1.165) is 54.7 Å². The molecular formula is C26H33N3O3. The van der Waals surface area contributed by atoms with Gasteiger partial charge in [0.15, 0.2) is 0 Å². The molecule has 2 amide bonds. The van der Waals surface area contributed by atoms with Crippen molar-refractivity contribution in [3.8, 4) is 5.75 Å².